The minimum Gasteiger partial charge on any atom is -0.464 e. The zero-order valence-electron chi connectivity index (χ0n) is 11.9. The van der Waals surface area contributed by atoms with Gasteiger partial charge in [-0.25, -0.2) is 9.18 Å². The molecule has 112 valence electrons. The molecule has 6 heteroatoms. The number of para-hydroxylation sites is 1. The third-order valence-corrected chi connectivity index (χ3v) is 3.27. The molecule has 2 aromatic rings. The molecule has 0 radical (unpaired) electrons. The number of benzene rings is 1. The Morgan fingerprint density at radius 2 is 2.05 bits per heavy atom. The molecule has 0 aliphatic carbocycles. The van der Waals surface area contributed by atoms with E-state index in [-0.39, 0.29) is 12.5 Å². The summed E-state index contributed by atoms with van der Waals surface area (Å²) >= 11 is 0. The van der Waals surface area contributed by atoms with Gasteiger partial charge < -0.3 is 10.5 Å². The average molecular weight is 292 g/mol. The van der Waals surface area contributed by atoms with E-state index in [1.54, 1.807) is 31.2 Å². The lowest BCUT2D eigenvalue weighted by Crippen LogP contribution is -2.31. The fourth-order valence-corrected chi connectivity index (χ4v) is 2.26. The number of fused-ring (bicyclic) bond motifs is 1. The third kappa shape index (κ3) is 2.80. The number of halogens is 1. The van der Waals surface area contributed by atoms with Crippen LogP contribution in [0.25, 0.3) is 10.9 Å². The Kier molecular flexibility index (Phi) is 4.37. The van der Waals surface area contributed by atoms with Crippen molar-refractivity contribution in [3.8, 4) is 0 Å². The largest absolute Gasteiger partial charge is 0.464 e. The molecule has 1 aromatic heterocycles. The topological polar surface area (TPSA) is 74.3 Å². The van der Waals surface area contributed by atoms with E-state index in [1.807, 2.05) is 0 Å². The highest BCUT2D eigenvalue weighted by Crippen LogP contribution is 2.28. The van der Waals surface area contributed by atoms with Gasteiger partial charge in [0.25, 0.3) is 0 Å². The summed E-state index contributed by atoms with van der Waals surface area (Å²) in [6.45, 7) is 3.08. The maximum Gasteiger partial charge on any atom is 0.342 e. The molecule has 0 fully saturated rings. The first-order valence-corrected chi connectivity index (χ1v) is 6.64. The number of rotatable bonds is 4. The summed E-state index contributed by atoms with van der Waals surface area (Å²) in [5.74, 6) is -1.21. The maximum atomic E-state index is 14.1. The Morgan fingerprint density at radius 3 is 2.67 bits per heavy atom. The molecule has 0 aliphatic heterocycles. The molecule has 2 N–H and O–H groups in total. The Hall–Kier alpha value is -2.21. The van der Waals surface area contributed by atoms with Crippen molar-refractivity contribution in [3.63, 3.8) is 0 Å². The van der Waals surface area contributed by atoms with E-state index in [1.165, 1.54) is 17.7 Å². The lowest BCUT2D eigenvalue weighted by Gasteiger charge is -2.14. The van der Waals surface area contributed by atoms with Crippen molar-refractivity contribution in [1.82, 2.24) is 4.57 Å². The first kappa shape index (κ1) is 15.2. The van der Waals surface area contributed by atoms with Gasteiger partial charge in [0.2, 0.25) is 12.1 Å². The second-order valence-electron chi connectivity index (χ2n) is 4.67. The standard InChI is InChI=1S/C15H17FN2O3/c1-3-21-15(20)13(16)14(17)11-8-18(9(2)19)12-7-5-4-6-10(11)12/h4-8,13-14H,3,17H2,1-2H3/t13?,14-/m0/s1. The minimum absolute atomic E-state index is 0.0845. The van der Waals surface area contributed by atoms with E-state index in [4.69, 9.17) is 5.73 Å². The van der Waals surface area contributed by atoms with Crippen LogP contribution in [-0.4, -0.2) is 29.2 Å². The minimum atomic E-state index is -1.98. The molecule has 2 rings (SSSR count). The summed E-state index contributed by atoms with van der Waals surface area (Å²) in [5, 5.41) is 0.646. The average Bonchev–Trinajstić information content (AvgIpc) is 2.85. The first-order chi connectivity index (χ1) is 9.97. The van der Waals surface area contributed by atoms with Crippen molar-refractivity contribution in [2.24, 2.45) is 5.73 Å². The Balaban J connectivity index is 2.46. The van der Waals surface area contributed by atoms with E-state index in [2.05, 4.69) is 4.74 Å². The summed E-state index contributed by atoms with van der Waals surface area (Å²) < 4.78 is 20.1. The summed E-state index contributed by atoms with van der Waals surface area (Å²) in [5.41, 5.74) is 6.88. The molecule has 2 atom stereocenters. The Bertz CT molecular complexity index is 681. The molecule has 0 bridgehead atoms. The third-order valence-electron chi connectivity index (χ3n) is 3.27. The summed E-state index contributed by atoms with van der Waals surface area (Å²) in [6, 6.07) is 5.83. The molecule has 0 spiro atoms. The lowest BCUT2D eigenvalue weighted by molar-refractivity contribution is -0.149. The van der Waals surface area contributed by atoms with Crippen molar-refractivity contribution >= 4 is 22.8 Å². The highest BCUT2D eigenvalue weighted by atomic mass is 19.1. The monoisotopic (exact) mass is 292 g/mol. The number of esters is 1. The van der Waals surface area contributed by atoms with E-state index in [0.29, 0.717) is 16.5 Å². The smallest absolute Gasteiger partial charge is 0.342 e. The number of ether oxygens (including phenoxy) is 1. The fraction of sp³-hybridized carbons (Fsp3) is 0.333. The van der Waals surface area contributed by atoms with Crippen LogP contribution in [0.2, 0.25) is 0 Å². The predicted molar refractivity (Wildman–Crippen MR) is 76.7 cm³/mol. The van der Waals surface area contributed by atoms with Crippen molar-refractivity contribution in [1.29, 1.82) is 0 Å². The zero-order valence-corrected chi connectivity index (χ0v) is 11.9. The molecule has 0 aliphatic rings. The quantitative estimate of drug-likeness (QED) is 0.877. The molecule has 1 heterocycles. The van der Waals surface area contributed by atoms with Gasteiger partial charge in [-0.05, 0) is 18.6 Å². The van der Waals surface area contributed by atoms with Gasteiger partial charge in [-0.1, -0.05) is 18.2 Å². The zero-order chi connectivity index (χ0) is 15.6. The van der Waals surface area contributed by atoms with Gasteiger partial charge in [-0.2, -0.15) is 0 Å². The van der Waals surface area contributed by atoms with Gasteiger partial charge in [-0.3, -0.25) is 9.36 Å². The molecular formula is C15H17FN2O3. The lowest BCUT2D eigenvalue weighted by atomic mass is 10.0. The number of alkyl halides is 1. The number of nitrogens with zero attached hydrogens (tertiary/aromatic N) is 1. The van der Waals surface area contributed by atoms with Gasteiger partial charge in [0.15, 0.2) is 0 Å². The van der Waals surface area contributed by atoms with Crippen molar-refractivity contribution in [2.45, 2.75) is 26.1 Å². The normalized spacial score (nSPS) is 13.9. The van der Waals surface area contributed by atoms with Gasteiger partial charge in [0, 0.05) is 18.5 Å². The molecule has 21 heavy (non-hydrogen) atoms. The van der Waals surface area contributed by atoms with Gasteiger partial charge in [-0.15, -0.1) is 0 Å². The fourth-order valence-electron chi connectivity index (χ4n) is 2.26. The second kappa shape index (κ2) is 6.05. The van der Waals surface area contributed by atoms with E-state index in [0.717, 1.165) is 0 Å². The van der Waals surface area contributed by atoms with Gasteiger partial charge in [0.05, 0.1) is 18.2 Å². The highest BCUT2D eigenvalue weighted by molar-refractivity contribution is 5.94. The van der Waals surface area contributed by atoms with Crippen molar-refractivity contribution < 1.29 is 18.7 Å². The van der Waals surface area contributed by atoms with Crippen LogP contribution < -0.4 is 5.73 Å². The van der Waals surface area contributed by atoms with Gasteiger partial charge in [0.1, 0.15) is 0 Å². The number of carbonyl (C=O) groups excluding carboxylic acids is 2. The molecule has 1 aromatic carbocycles. The van der Waals surface area contributed by atoms with Crippen LogP contribution in [0, 0.1) is 0 Å². The SMILES string of the molecule is CCOC(=O)C(F)[C@@H](N)c1cn(C(C)=O)c2ccccc12. The maximum absolute atomic E-state index is 14.1. The number of nitrogens with two attached hydrogens (primary N) is 1. The van der Waals surface area contributed by atoms with Crippen molar-refractivity contribution in [3.05, 3.63) is 36.0 Å². The van der Waals surface area contributed by atoms with Crippen molar-refractivity contribution in [2.75, 3.05) is 6.61 Å². The van der Waals surface area contributed by atoms with Crippen LogP contribution in [-0.2, 0) is 9.53 Å². The number of hydrogen-bond donors (Lipinski definition) is 1. The second-order valence-corrected chi connectivity index (χ2v) is 4.67. The number of aromatic nitrogens is 1. The highest BCUT2D eigenvalue weighted by Gasteiger charge is 2.30. The Labute approximate surface area is 121 Å². The van der Waals surface area contributed by atoms with E-state index < -0.39 is 18.2 Å². The molecule has 1 unspecified atom stereocenters. The van der Waals surface area contributed by atoms with Crippen LogP contribution in [0.3, 0.4) is 0 Å². The summed E-state index contributed by atoms with van der Waals surface area (Å²) in [7, 11) is 0. The molecular weight excluding hydrogens is 275 g/mol. The molecule has 0 saturated carbocycles. The number of hydrogen-bond acceptors (Lipinski definition) is 4. The Morgan fingerprint density at radius 1 is 1.38 bits per heavy atom. The van der Waals surface area contributed by atoms with E-state index in [9.17, 15) is 14.0 Å². The van der Waals surface area contributed by atoms with E-state index >= 15 is 0 Å². The summed E-state index contributed by atoms with van der Waals surface area (Å²) in [4.78, 5) is 23.1. The van der Waals surface area contributed by atoms with Gasteiger partial charge >= 0.3 is 5.97 Å². The van der Waals surface area contributed by atoms with Crippen LogP contribution in [0.5, 0.6) is 0 Å². The number of carbonyl (C=O) groups is 2. The molecule has 5 nitrogen and oxygen atoms in total. The predicted octanol–water partition coefficient (Wildman–Crippen LogP) is 2.20. The van der Waals surface area contributed by atoms with Crippen LogP contribution >= 0.6 is 0 Å². The van der Waals surface area contributed by atoms with Crippen LogP contribution in [0.1, 0.15) is 30.2 Å². The molecule has 0 amide bonds. The van der Waals surface area contributed by atoms with Crippen LogP contribution in [0.4, 0.5) is 4.39 Å². The summed E-state index contributed by atoms with van der Waals surface area (Å²) in [6.07, 6.45) is -0.500. The first-order valence-electron chi connectivity index (χ1n) is 6.64. The molecule has 0 saturated heterocycles. The van der Waals surface area contributed by atoms with Crippen LogP contribution in [0.15, 0.2) is 30.5 Å².